The first kappa shape index (κ1) is 16.7. The van der Waals surface area contributed by atoms with Gasteiger partial charge in [-0.25, -0.2) is 0 Å². The minimum absolute atomic E-state index is 0.0293. The molecule has 3 heteroatoms. The fourth-order valence-electron chi connectivity index (χ4n) is 5.74. The van der Waals surface area contributed by atoms with Crippen LogP contribution in [-0.4, -0.2) is 17.1 Å². The van der Waals surface area contributed by atoms with Crippen molar-refractivity contribution in [2.45, 2.75) is 45.1 Å². The molecule has 27 heavy (non-hydrogen) atoms. The maximum Gasteiger partial charge on any atom is 0.203 e. The van der Waals surface area contributed by atoms with Crippen LogP contribution in [0.3, 0.4) is 0 Å². The van der Waals surface area contributed by atoms with E-state index in [0.29, 0.717) is 24.0 Å². The monoisotopic (exact) mass is 359 g/mol. The zero-order valence-corrected chi connectivity index (χ0v) is 15.9. The van der Waals surface area contributed by atoms with Crippen molar-refractivity contribution in [3.63, 3.8) is 0 Å². The van der Waals surface area contributed by atoms with Crippen LogP contribution in [0.5, 0.6) is 0 Å². The van der Waals surface area contributed by atoms with Crippen LogP contribution in [0.2, 0.25) is 0 Å². The van der Waals surface area contributed by atoms with Crippen LogP contribution in [-0.2, 0) is 9.63 Å². The lowest BCUT2D eigenvalue weighted by Crippen LogP contribution is -2.49. The minimum atomic E-state index is -0.270. The second-order valence-electron chi connectivity index (χ2n) is 8.89. The van der Waals surface area contributed by atoms with E-state index in [4.69, 9.17) is 4.84 Å². The van der Waals surface area contributed by atoms with Gasteiger partial charge in [0.15, 0.2) is 5.60 Å². The Kier molecular flexibility index (Phi) is 3.59. The molecule has 2 fully saturated rings. The summed E-state index contributed by atoms with van der Waals surface area (Å²) < 4.78 is 0. The van der Waals surface area contributed by atoms with Crippen LogP contribution in [0, 0.1) is 17.3 Å². The Hall–Kier alpha value is -2.42. The Morgan fingerprint density at radius 3 is 2.70 bits per heavy atom. The lowest BCUT2D eigenvalue weighted by Gasteiger charge is -2.44. The summed E-state index contributed by atoms with van der Waals surface area (Å²) in [5.41, 5.74) is 1.44. The summed E-state index contributed by atoms with van der Waals surface area (Å²) in [6.07, 6.45) is 7.92. The van der Waals surface area contributed by atoms with E-state index in [9.17, 15) is 4.79 Å². The highest BCUT2D eigenvalue weighted by Crippen LogP contribution is 2.65. The third-order valence-electron chi connectivity index (χ3n) is 7.47. The van der Waals surface area contributed by atoms with Crippen molar-refractivity contribution in [3.05, 3.63) is 54.1 Å². The fourth-order valence-corrected chi connectivity index (χ4v) is 5.74. The predicted octanol–water partition coefficient (Wildman–Crippen LogP) is 5.39. The van der Waals surface area contributed by atoms with E-state index in [1.54, 1.807) is 6.08 Å². The number of hydrogen-bond donors (Lipinski definition) is 0. The van der Waals surface area contributed by atoms with Crippen LogP contribution in [0.25, 0.3) is 16.8 Å². The molecule has 2 aromatic rings. The highest BCUT2D eigenvalue weighted by atomic mass is 16.7. The number of rotatable bonds is 3. The van der Waals surface area contributed by atoms with Crippen LogP contribution < -0.4 is 0 Å². The summed E-state index contributed by atoms with van der Waals surface area (Å²) in [6, 6.07) is 14.4. The number of benzene rings is 2. The van der Waals surface area contributed by atoms with E-state index >= 15 is 0 Å². The number of ketones is 1. The van der Waals surface area contributed by atoms with E-state index in [2.05, 4.69) is 37.2 Å². The largest absolute Gasteiger partial charge is 0.388 e. The number of nitrogens with zero attached hydrogens (tertiary/aromatic N) is 1. The van der Waals surface area contributed by atoms with Crippen molar-refractivity contribution >= 4 is 28.3 Å². The molecule has 0 saturated heterocycles. The third-order valence-corrected chi connectivity index (χ3v) is 7.47. The SMILES string of the molecule is CC1(C)[C@@H]2CC[C@@H](C2)C12CC(C(=O)/C=C/c1cccc3ccccc13)=NO2. The standard InChI is InChI=1S/C24H25NO2/c1-23(2)18-11-12-19(14-18)24(23)15-21(25-27-24)22(26)13-10-17-8-5-7-16-6-3-4-9-20(16)17/h3-10,13,18-19H,11-12,14-15H2,1-2H3/b13-10+/t18-,19+,24?/m1/s1. The molecule has 0 N–H and O–H groups in total. The van der Waals surface area contributed by atoms with E-state index in [0.717, 1.165) is 10.9 Å². The first-order chi connectivity index (χ1) is 13.0. The zero-order valence-electron chi connectivity index (χ0n) is 15.9. The smallest absolute Gasteiger partial charge is 0.203 e. The molecule has 1 heterocycles. The Balaban J connectivity index is 1.37. The molecule has 1 unspecified atom stereocenters. The number of oxime groups is 1. The molecular formula is C24H25NO2. The van der Waals surface area contributed by atoms with E-state index in [-0.39, 0.29) is 16.8 Å². The summed E-state index contributed by atoms with van der Waals surface area (Å²) in [5.74, 6) is 1.20. The summed E-state index contributed by atoms with van der Waals surface area (Å²) in [5, 5.41) is 6.61. The molecule has 3 atom stereocenters. The molecule has 2 bridgehead atoms. The third kappa shape index (κ3) is 2.33. The van der Waals surface area contributed by atoms with E-state index in [1.165, 1.54) is 24.6 Å². The first-order valence-electron chi connectivity index (χ1n) is 9.96. The number of allylic oxidation sites excluding steroid dienone is 1. The van der Waals surface area contributed by atoms with Gasteiger partial charge in [0.25, 0.3) is 0 Å². The molecule has 2 aliphatic carbocycles. The van der Waals surface area contributed by atoms with Crippen molar-refractivity contribution < 1.29 is 9.63 Å². The van der Waals surface area contributed by atoms with Gasteiger partial charge in [0.2, 0.25) is 5.78 Å². The van der Waals surface area contributed by atoms with Gasteiger partial charge in [-0.3, -0.25) is 4.79 Å². The van der Waals surface area contributed by atoms with Gasteiger partial charge in [-0.2, -0.15) is 0 Å². The van der Waals surface area contributed by atoms with Gasteiger partial charge in [0, 0.05) is 17.8 Å². The quantitative estimate of drug-likeness (QED) is 0.689. The van der Waals surface area contributed by atoms with E-state index < -0.39 is 0 Å². The highest BCUT2D eigenvalue weighted by molar-refractivity contribution is 6.45. The summed E-state index contributed by atoms with van der Waals surface area (Å²) >= 11 is 0. The average Bonchev–Trinajstić information content (AvgIpc) is 3.37. The molecule has 3 aliphatic rings. The van der Waals surface area contributed by atoms with Gasteiger partial charge in [-0.05, 0) is 47.6 Å². The maximum absolute atomic E-state index is 12.8. The Morgan fingerprint density at radius 2 is 1.89 bits per heavy atom. The number of fused-ring (bicyclic) bond motifs is 4. The van der Waals surface area contributed by atoms with Gasteiger partial charge in [0.1, 0.15) is 5.71 Å². The average molecular weight is 359 g/mol. The van der Waals surface area contributed by atoms with Crippen LogP contribution in [0.1, 0.15) is 45.1 Å². The molecule has 0 amide bonds. The molecule has 1 aliphatic heterocycles. The second kappa shape index (κ2) is 5.79. The van der Waals surface area contributed by atoms with E-state index in [1.807, 2.05) is 30.3 Å². The molecular weight excluding hydrogens is 334 g/mol. The molecule has 0 aromatic heterocycles. The van der Waals surface area contributed by atoms with Crippen molar-refractivity contribution in [2.24, 2.45) is 22.4 Å². The summed E-state index contributed by atoms with van der Waals surface area (Å²) in [7, 11) is 0. The van der Waals surface area contributed by atoms with Crippen molar-refractivity contribution in [3.8, 4) is 0 Å². The number of hydrogen-bond acceptors (Lipinski definition) is 3. The van der Waals surface area contributed by atoms with Crippen LogP contribution in [0.15, 0.2) is 53.7 Å². The Labute approximate surface area is 160 Å². The Bertz CT molecular complexity index is 982. The molecule has 1 spiro atoms. The molecule has 2 aromatic carbocycles. The van der Waals surface area contributed by atoms with Crippen LogP contribution in [0.4, 0.5) is 0 Å². The predicted molar refractivity (Wildman–Crippen MR) is 108 cm³/mol. The van der Waals surface area contributed by atoms with Crippen LogP contribution >= 0.6 is 0 Å². The van der Waals surface area contributed by atoms with Gasteiger partial charge in [-0.15, -0.1) is 0 Å². The lowest BCUT2D eigenvalue weighted by molar-refractivity contribution is -0.135. The molecule has 5 rings (SSSR count). The summed E-state index contributed by atoms with van der Waals surface area (Å²) in [6.45, 7) is 4.59. The normalized spacial score (nSPS) is 31.0. The zero-order chi connectivity index (χ0) is 18.6. The van der Waals surface area contributed by atoms with Crippen molar-refractivity contribution in [2.75, 3.05) is 0 Å². The van der Waals surface area contributed by atoms with Crippen molar-refractivity contribution in [1.82, 2.24) is 0 Å². The van der Waals surface area contributed by atoms with Gasteiger partial charge < -0.3 is 4.84 Å². The van der Waals surface area contributed by atoms with Crippen molar-refractivity contribution in [1.29, 1.82) is 0 Å². The Morgan fingerprint density at radius 1 is 1.11 bits per heavy atom. The maximum atomic E-state index is 12.8. The second-order valence-corrected chi connectivity index (χ2v) is 8.89. The molecule has 3 nitrogen and oxygen atoms in total. The van der Waals surface area contributed by atoms with Gasteiger partial charge in [0.05, 0.1) is 0 Å². The lowest BCUT2D eigenvalue weighted by atomic mass is 9.63. The fraction of sp³-hybridized carbons (Fsp3) is 0.417. The number of carbonyl (C=O) groups excluding carboxylic acids is 1. The molecule has 2 saturated carbocycles. The minimum Gasteiger partial charge on any atom is -0.388 e. The molecule has 138 valence electrons. The number of carbonyl (C=O) groups is 1. The highest BCUT2D eigenvalue weighted by Gasteiger charge is 2.67. The first-order valence-corrected chi connectivity index (χ1v) is 9.96. The van der Waals surface area contributed by atoms with Gasteiger partial charge >= 0.3 is 0 Å². The summed E-state index contributed by atoms with van der Waals surface area (Å²) in [4.78, 5) is 18.9. The molecule has 0 radical (unpaired) electrons. The topological polar surface area (TPSA) is 38.7 Å². The van der Waals surface area contributed by atoms with Gasteiger partial charge in [-0.1, -0.05) is 67.5 Å².